The predicted octanol–water partition coefficient (Wildman–Crippen LogP) is 5.96. The fourth-order valence-electron chi connectivity index (χ4n) is 4.28. The monoisotopic (exact) mass is 467 g/mol. The summed E-state index contributed by atoms with van der Waals surface area (Å²) in [5.74, 6) is 2.32. The molecule has 3 aromatic carbocycles. The van der Waals surface area contributed by atoms with Crippen molar-refractivity contribution in [3.05, 3.63) is 101 Å². The molecule has 1 amide bonds. The van der Waals surface area contributed by atoms with Gasteiger partial charge in [-0.3, -0.25) is 4.79 Å². The molecule has 178 valence electrons. The van der Waals surface area contributed by atoms with Crippen LogP contribution in [0, 0.1) is 0 Å². The molecule has 4 aromatic rings. The second kappa shape index (κ2) is 10.1. The molecule has 0 saturated carbocycles. The van der Waals surface area contributed by atoms with Crippen molar-refractivity contribution >= 4 is 5.91 Å². The van der Waals surface area contributed by atoms with Crippen molar-refractivity contribution in [2.24, 2.45) is 0 Å². The fourth-order valence-corrected chi connectivity index (χ4v) is 4.28. The minimum atomic E-state index is -0.0906. The zero-order valence-electron chi connectivity index (χ0n) is 20.1. The molecule has 2 heterocycles. The summed E-state index contributed by atoms with van der Waals surface area (Å²) in [4.78, 5) is 19.1. The Balaban J connectivity index is 1.19. The summed E-state index contributed by atoms with van der Waals surface area (Å²) >= 11 is 0. The SMILES string of the molecule is CC(C)c1ccc(CN2CC(c3nc(-c4ccc(OCc5ccccc5)cc4)no3)CC2=O)cc1. The number of nitrogens with zero attached hydrogens (tertiary/aromatic N) is 3. The number of hydrogen-bond acceptors (Lipinski definition) is 5. The van der Waals surface area contributed by atoms with Crippen molar-refractivity contribution in [1.82, 2.24) is 15.0 Å². The molecule has 0 radical (unpaired) electrons. The van der Waals surface area contributed by atoms with Gasteiger partial charge in [0.1, 0.15) is 12.4 Å². The molecular formula is C29H29N3O3. The molecule has 1 aliphatic rings. The second-order valence-corrected chi connectivity index (χ2v) is 9.33. The van der Waals surface area contributed by atoms with Crippen LogP contribution >= 0.6 is 0 Å². The molecule has 0 N–H and O–H groups in total. The number of rotatable bonds is 8. The summed E-state index contributed by atoms with van der Waals surface area (Å²) in [6, 6.07) is 26.2. The maximum Gasteiger partial charge on any atom is 0.232 e. The van der Waals surface area contributed by atoms with Crippen LogP contribution < -0.4 is 4.74 Å². The lowest BCUT2D eigenvalue weighted by atomic mass is 10.0. The van der Waals surface area contributed by atoms with Crippen molar-refractivity contribution in [2.75, 3.05) is 6.54 Å². The van der Waals surface area contributed by atoms with E-state index in [1.54, 1.807) is 0 Å². The largest absolute Gasteiger partial charge is 0.489 e. The quantitative estimate of drug-likeness (QED) is 0.320. The first-order chi connectivity index (χ1) is 17.0. The van der Waals surface area contributed by atoms with Crippen LogP contribution in [-0.2, 0) is 17.9 Å². The van der Waals surface area contributed by atoms with Gasteiger partial charge in [-0.05, 0) is 46.9 Å². The molecule has 35 heavy (non-hydrogen) atoms. The number of amides is 1. The standard InChI is InChI=1S/C29H29N3O3/c1-20(2)23-10-8-21(9-11-23)17-32-18-25(16-27(32)33)29-30-28(31-35-29)24-12-14-26(15-13-24)34-19-22-6-4-3-5-7-22/h3-15,20,25H,16-19H2,1-2H3. The van der Waals surface area contributed by atoms with Gasteiger partial charge in [-0.15, -0.1) is 0 Å². The molecule has 6 heteroatoms. The van der Waals surface area contributed by atoms with Crippen molar-refractivity contribution in [3.8, 4) is 17.1 Å². The van der Waals surface area contributed by atoms with Crippen LogP contribution in [0.5, 0.6) is 5.75 Å². The van der Waals surface area contributed by atoms with Gasteiger partial charge >= 0.3 is 0 Å². The van der Waals surface area contributed by atoms with E-state index in [0.717, 1.165) is 22.4 Å². The van der Waals surface area contributed by atoms with E-state index in [1.165, 1.54) is 5.56 Å². The van der Waals surface area contributed by atoms with Crippen LogP contribution in [0.1, 0.15) is 54.7 Å². The summed E-state index contributed by atoms with van der Waals surface area (Å²) < 4.78 is 11.4. The minimum absolute atomic E-state index is 0.0906. The van der Waals surface area contributed by atoms with Crippen LogP contribution in [0.25, 0.3) is 11.4 Å². The lowest BCUT2D eigenvalue weighted by molar-refractivity contribution is -0.128. The minimum Gasteiger partial charge on any atom is -0.489 e. The summed E-state index contributed by atoms with van der Waals surface area (Å²) in [6.45, 7) is 6.05. The number of carbonyl (C=O) groups is 1. The smallest absolute Gasteiger partial charge is 0.232 e. The summed E-state index contributed by atoms with van der Waals surface area (Å²) in [7, 11) is 0. The van der Waals surface area contributed by atoms with Gasteiger partial charge < -0.3 is 14.2 Å². The van der Waals surface area contributed by atoms with Gasteiger partial charge in [0, 0.05) is 25.1 Å². The third-order valence-electron chi connectivity index (χ3n) is 6.39. The van der Waals surface area contributed by atoms with Crippen LogP contribution in [0.2, 0.25) is 0 Å². The van der Waals surface area contributed by atoms with Crippen molar-refractivity contribution in [1.29, 1.82) is 0 Å². The van der Waals surface area contributed by atoms with E-state index in [2.05, 4.69) is 48.3 Å². The molecule has 1 saturated heterocycles. The van der Waals surface area contributed by atoms with Gasteiger partial charge in [-0.2, -0.15) is 4.98 Å². The highest BCUT2D eigenvalue weighted by Crippen LogP contribution is 2.30. The first kappa shape index (κ1) is 22.8. The second-order valence-electron chi connectivity index (χ2n) is 9.33. The van der Waals surface area contributed by atoms with Gasteiger partial charge in [0.15, 0.2) is 0 Å². The van der Waals surface area contributed by atoms with Gasteiger partial charge in [-0.25, -0.2) is 0 Å². The van der Waals surface area contributed by atoms with Gasteiger partial charge in [0.05, 0.1) is 5.92 Å². The molecule has 6 nitrogen and oxygen atoms in total. The predicted molar refractivity (Wildman–Crippen MR) is 134 cm³/mol. The van der Waals surface area contributed by atoms with E-state index in [9.17, 15) is 4.79 Å². The zero-order valence-corrected chi connectivity index (χ0v) is 20.1. The third kappa shape index (κ3) is 5.43. The maximum absolute atomic E-state index is 12.6. The molecule has 1 fully saturated rings. The number of carbonyl (C=O) groups excluding carboxylic acids is 1. The topological polar surface area (TPSA) is 68.5 Å². The van der Waals surface area contributed by atoms with Crippen LogP contribution in [0.4, 0.5) is 0 Å². The first-order valence-corrected chi connectivity index (χ1v) is 12.0. The average molecular weight is 468 g/mol. The Morgan fingerprint density at radius 3 is 2.43 bits per heavy atom. The van der Waals surface area contributed by atoms with E-state index in [1.807, 2.05) is 59.5 Å². The van der Waals surface area contributed by atoms with Crippen molar-refractivity contribution in [3.63, 3.8) is 0 Å². The molecule has 1 atom stereocenters. The van der Waals surface area contributed by atoms with Gasteiger partial charge in [0.2, 0.25) is 17.6 Å². The number of benzene rings is 3. The van der Waals surface area contributed by atoms with E-state index in [-0.39, 0.29) is 11.8 Å². The first-order valence-electron chi connectivity index (χ1n) is 12.0. The van der Waals surface area contributed by atoms with Crippen molar-refractivity contribution in [2.45, 2.75) is 45.3 Å². The highest BCUT2D eigenvalue weighted by Gasteiger charge is 2.34. The van der Waals surface area contributed by atoms with E-state index >= 15 is 0 Å². The Bertz CT molecular complexity index is 1260. The molecule has 0 bridgehead atoms. The summed E-state index contributed by atoms with van der Waals surface area (Å²) in [6.07, 6.45) is 0.387. The summed E-state index contributed by atoms with van der Waals surface area (Å²) in [5.41, 5.74) is 4.39. The molecule has 1 aliphatic heterocycles. The Morgan fingerprint density at radius 1 is 0.971 bits per heavy atom. The Kier molecular flexibility index (Phi) is 6.62. The molecule has 5 rings (SSSR count). The van der Waals surface area contributed by atoms with E-state index < -0.39 is 0 Å². The number of ether oxygens (including phenoxy) is 1. The van der Waals surface area contributed by atoms with Crippen molar-refractivity contribution < 1.29 is 14.1 Å². The lowest BCUT2D eigenvalue weighted by Crippen LogP contribution is -2.24. The normalized spacial score (nSPS) is 15.7. The Morgan fingerprint density at radius 2 is 1.71 bits per heavy atom. The highest BCUT2D eigenvalue weighted by atomic mass is 16.5. The number of aromatic nitrogens is 2. The van der Waals surface area contributed by atoms with Crippen LogP contribution in [-0.4, -0.2) is 27.5 Å². The van der Waals surface area contributed by atoms with E-state index in [4.69, 9.17) is 9.26 Å². The molecule has 1 aromatic heterocycles. The van der Waals surface area contributed by atoms with Gasteiger partial charge in [-0.1, -0.05) is 73.6 Å². The third-order valence-corrected chi connectivity index (χ3v) is 6.39. The highest BCUT2D eigenvalue weighted by molar-refractivity contribution is 5.79. The lowest BCUT2D eigenvalue weighted by Gasteiger charge is -2.16. The maximum atomic E-state index is 12.6. The number of likely N-dealkylation sites (tertiary alicyclic amines) is 1. The molecule has 0 aliphatic carbocycles. The Hall–Kier alpha value is -3.93. The Labute approximate surface area is 205 Å². The van der Waals surface area contributed by atoms with Gasteiger partial charge in [0.25, 0.3) is 0 Å². The van der Waals surface area contributed by atoms with E-state index in [0.29, 0.717) is 43.8 Å². The molecule has 1 unspecified atom stereocenters. The van der Waals surface area contributed by atoms with Crippen LogP contribution in [0.3, 0.4) is 0 Å². The van der Waals surface area contributed by atoms with Crippen LogP contribution in [0.15, 0.2) is 83.4 Å². The zero-order chi connectivity index (χ0) is 24.2. The number of hydrogen-bond donors (Lipinski definition) is 0. The summed E-state index contributed by atoms with van der Waals surface area (Å²) in [5, 5.41) is 4.16. The average Bonchev–Trinajstić information content (AvgIpc) is 3.51. The fraction of sp³-hybridized carbons (Fsp3) is 0.276. The molecule has 0 spiro atoms. The molecular weight excluding hydrogens is 438 g/mol.